The van der Waals surface area contributed by atoms with Crippen LogP contribution in [0.1, 0.15) is 15.9 Å². The van der Waals surface area contributed by atoms with Crippen molar-refractivity contribution in [1.82, 2.24) is 0 Å². The largest absolute Gasteiger partial charge is 0.465 e. The van der Waals surface area contributed by atoms with Crippen molar-refractivity contribution in [3.8, 4) is 11.5 Å². The summed E-state index contributed by atoms with van der Waals surface area (Å²) in [4.78, 5) is 11.7. The Morgan fingerprint density at radius 2 is 1.92 bits per heavy atom. The van der Waals surface area contributed by atoms with Gasteiger partial charge in [0.1, 0.15) is 10.6 Å². The minimum absolute atomic E-state index is 0.0411. The van der Waals surface area contributed by atoms with E-state index in [-0.39, 0.29) is 21.2 Å². The van der Waals surface area contributed by atoms with Crippen LogP contribution >= 0.6 is 11.6 Å². The van der Waals surface area contributed by atoms with Crippen LogP contribution in [0.2, 0.25) is 5.02 Å². The minimum Gasteiger partial charge on any atom is -0.465 e. The van der Waals surface area contributed by atoms with E-state index in [1.54, 1.807) is 12.1 Å². The van der Waals surface area contributed by atoms with Crippen molar-refractivity contribution < 1.29 is 22.7 Å². The summed E-state index contributed by atoms with van der Waals surface area (Å²) < 4.78 is 37.4. The zero-order valence-corrected chi connectivity index (χ0v) is 14.7. The summed E-state index contributed by atoms with van der Waals surface area (Å²) in [6, 6.07) is 7.70. The SMILES string of the molecule is COC(=O)c1cc2c(cc1Cl)Oc1ccc(C)cc1N(C)S2(=O)=O. The first-order chi connectivity index (χ1) is 11.3. The van der Waals surface area contributed by atoms with Crippen molar-refractivity contribution in [3.63, 3.8) is 0 Å². The van der Waals surface area contributed by atoms with Gasteiger partial charge >= 0.3 is 5.97 Å². The molecule has 0 radical (unpaired) electrons. The number of benzene rings is 2. The normalized spacial score (nSPS) is 14.9. The minimum atomic E-state index is -3.93. The van der Waals surface area contributed by atoms with E-state index in [1.165, 1.54) is 26.3 Å². The number of esters is 1. The summed E-state index contributed by atoms with van der Waals surface area (Å²) in [6.45, 7) is 1.85. The van der Waals surface area contributed by atoms with E-state index in [0.29, 0.717) is 11.4 Å². The molecule has 0 aromatic heterocycles. The number of halogens is 1. The lowest BCUT2D eigenvalue weighted by Gasteiger charge is -2.18. The highest BCUT2D eigenvalue weighted by molar-refractivity contribution is 7.93. The number of aryl methyl sites for hydroxylation is 1. The molecule has 0 amide bonds. The molecule has 0 aliphatic carbocycles. The number of hydrogen-bond donors (Lipinski definition) is 0. The Labute approximate surface area is 144 Å². The summed E-state index contributed by atoms with van der Waals surface area (Å²) in [5.41, 5.74) is 1.25. The van der Waals surface area contributed by atoms with Crippen LogP contribution in [-0.4, -0.2) is 28.5 Å². The topological polar surface area (TPSA) is 72.9 Å². The molecule has 24 heavy (non-hydrogen) atoms. The molecule has 1 aliphatic rings. The number of nitrogens with zero attached hydrogens (tertiary/aromatic N) is 1. The van der Waals surface area contributed by atoms with Crippen molar-refractivity contribution in [2.45, 2.75) is 11.8 Å². The monoisotopic (exact) mass is 367 g/mol. The Balaban J connectivity index is 2.30. The summed E-state index contributed by atoms with van der Waals surface area (Å²) >= 11 is 6.08. The van der Waals surface area contributed by atoms with Gasteiger partial charge in [0.05, 0.1) is 23.4 Å². The molecular weight excluding hydrogens is 354 g/mol. The van der Waals surface area contributed by atoms with Gasteiger partial charge in [-0.1, -0.05) is 17.7 Å². The van der Waals surface area contributed by atoms with E-state index in [9.17, 15) is 13.2 Å². The molecule has 0 spiro atoms. The van der Waals surface area contributed by atoms with Gasteiger partial charge in [-0.3, -0.25) is 4.31 Å². The smallest absolute Gasteiger partial charge is 0.339 e. The fourth-order valence-electron chi connectivity index (χ4n) is 2.44. The summed E-state index contributed by atoms with van der Waals surface area (Å²) in [5, 5.41) is 0.0500. The Kier molecular flexibility index (Phi) is 3.93. The van der Waals surface area contributed by atoms with Crippen molar-refractivity contribution >= 4 is 33.3 Å². The second-order valence-corrected chi connectivity index (χ2v) is 7.66. The number of carbonyl (C=O) groups is 1. The summed E-state index contributed by atoms with van der Waals surface area (Å²) in [5.74, 6) is -0.285. The van der Waals surface area contributed by atoms with Crippen molar-refractivity contribution in [2.24, 2.45) is 0 Å². The van der Waals surface area contributed by atoms with Gasteiger partial charge < -0.3 is 9.47 Å². The number of methoxy groups -OCH3 is 1. The van der Waals surface area contributed by atoms with Crippen molar-refractivity contribution in [2.75, 3.05) is 18.5 Å². The van der Waals surface area contributed by atoms with Crippen LogP contribution in [0.3, 0.4) is 0 Å². The van der Waals surface area contributed by atoms with Gasteiger partial charge in [-0.25, -0.2) is 13.2 Å². The first kappa shape index (κ1) is 16.6. The van der Waals surface area contributed by atoms with E-state index in [2.05, 4.69) is 4.74 Å². The molecule has 3 rings (SSSR count). The molecular formula is C16H14ClNO5S. The van der Waals surface area contributed by atoms with Crippen LogP contribution in [0.5, 0.6) is 11.5 Å². The highest BCUT2D eigenvalue weighted by Crippen LogP contribution is 2.43. The van der Waals surface area contributed by atoms with Gasteiger partial charge in [0, 0.05) is 13.1 Å². The average molecular weight is 368 g/mol. The first-order valence-corrected chi connectivity index (χ1v) is 8.77. The number of anilines is 1. The van der Waals surface area contributed by atoms with Crippen LogP contribution in [-0.2, 0) is 14.8 Å². The maximum Gasteiger partial charge on any atom is 0.339 e. The third kappa shape index (κ3) is 2.50. The predicted molar refractivity (Wildman–Crippen MR) is 89.6 cm³/mol. The lowest BCUT2D eigenvalue weighted by molar-refractivity contribution is 0.0600. The first-order valence-electron chi connectivity index (χ1n) is 6.95. The molecule has 2 aromatic carbocycles. The highest BCUT2D eigenvalue weighted by atomic mass is 35.5. The van der Waals surface area contributed by atoms with Gasteiger partial charge in [0.2, 0.25) is 0 Å². The summed E-state index contributed by atoms with van der Waals surface area (Å²) in [6.07, 6.45) is 0. The van der Waals surface area contributed by atoms with E-state index in [1.807, 2.05) is 13.0 Å². The maximum atomic E-state index is 12.9. The molecule has 0 N–H and O–H groups in total. The molecule has 0 unspecified atom stereocenters. The van der Waals surface area contributed by atoms with Crippen LogP contribution in [0.15, 0.2) is 35.2 Å². The molecule has 0 atom stereocenters. The average Bonchev–Trinajstić information content (AvgIpc) is 2.61. The van der Waals surface area contributed by atoms with Crippen LogP contribution in [0.25, 0.3) is 0 Å². The van der Waals surface area contributed by atoms with Gasteiger partial charge in [-0.15, -0.1) is 0 Å². The molecule has 8 heteroatoms. The quantitative estimate of drug-likeness (QED) is 0.722. The number of ether oxygens (including phenoxy) is 2. The molecule has 0 bridgehead atoms. The van der Waals surface area contributed by atoms with Gasteiger partial charge in [-0.05, 0) is 30.7 Å². The number of carbonyl (C=O) groups excluding carboxylic acids is 1. The highest BCUT2D eigenvalue weighted by Gasteiger charge is 2.33. The number of hydrogen-bond acceptors (Lipinski definition) is 5. The fraction of sp³-hybridized carbons (Fsp3) is 0.188. The Hall–Kier alpha value is -2.25. The number of rotatable bonds is 1. The second kappa shape index (κ2) is 5.68. The second-order valence-electron chi connectivity index (χ2n) is 5.32. The predicted octanol–water partition coefficient (Wildman–Crippen LogP) is 3.37. The van der Waals surface area contributed by atoms with E-state index < -0.39 is 16.0 Å². The van der Waals surface area contributed by atoms with E-state index in [0.717, 1.165) is 9.87 Å². The standard InChI is InChI=1S/C16H14ClNO5S/c1-9-4-5-13-12(6-9)18(2)24(20,21)15-7-10(16(19)22-3)11(17)8-14(15)23-13/h4-8H,1-3H3. The fourth-order valence-corrected chi connectivity index (χ4v) is 3.99. The zero-order chi connectivity index (χ0) is 17.6. The third-order valence-corrected chi connectivity index (χ3v) is 5.86. The van der Waals surface area contributed by atoms with Crippen LogP contribution < -0.4 is 9.04 Å². The van der Waals surface area contributed by atoms with Gasteiger partial charge in [0.25, 0.3) is 10.0 Å². The van der Waals surface area contributed by atoms with Crippen molar-refractivity contribution in [1.29, 1.82) is 0 Å². The van der Waals surface area contributed by atoms with Crippen molar-refractivity contribution in [3.05, 3.63) is 46.5 Å². The molecule has 126 valence electrons. The zero-order valence-electron chi connectivity index (χ0n) is 13.2. The number of fused-ring (bicyclic) bond motifs is 2. The third-order valence-electron chi connectivity index (χ3n) is 3.75. The molecule has 2 aromatic rings. The van der Waals surface area contributed by atoms with Gasteiger partial charge in [0.15, 0.2) is 5.75 Å². The number of sulfonamides is 1. The molecule has 0 fully saturated rings. The Morgan fingerprint density at radius 1 is 1.21 bits per heavy atom. The Morgan fingerprint density at radius 3 is 2.58 bits per heavy atom. The van der Waals surface area contributed by atoms with E-state index in [4.69, 9.17) is 16.3 Å². The Bertz CT molecular complexity index is 955. The maximum absolute atomic E-state index is 12.9. The van der Waals surface area contributed by atoms with Crippen LogP contribution in [0, 0.1) is 6.92 Å². The van der Waals surface area contributed by atoms with Crippen LogP contribution in [0.4, 0.5) is 5.69 Å². The van der Waals surface area contributed by atoms with E-state index >= 15 is 0 Å². The molecule has 1 aliphatic heterocycles. The lowest BCUT2D eigenvalue weighted by Crippen LogP contribution is -2.26. The van der Waals surface area contributed by atoms with Gasteiger partial charge in [-0.2, -0.15) is 0 Å². The summed E-state index contributed by atoms with van der Waals surface area (Å²) in [7, 11) is -1.30. The lowest BCUT2D eigenvalue weighted by atomic mass is 10.2. The molecule has 0 saturated heterocycles. The molecule has 1 heterocycles. The molecule has 0 saturated carbocycles. The molecule has 6 nitrogen and oxygen atoms in total.